The number of aliphatic carboxylic acids is 2. The van der Waals surface area contributed by atoms with Crippen molar-refractivity contribution < 1.29 is 78.9 Å². The van der Waals surface area contributed by atoms with Crippen molar-refractivity contribution in [1.82, 2.24) is 0 Å². The molecule has 0 aliphatic heterocycles. The monoisotopic (exact) mass is 532 g/mol. The van der Waals surface area contributed by atoms with E-state index in [9.17, 15) is 19.8 Å². The van der Waals surface area contributed by atoms with Crippen molar-refractivity contribution in [1.29, 1.82) is 0 Å². The van der Waals surface area contributed by atoms with E-state index in [1.807, 2.05) is 0 Å². The minimum absolute atomic E-state index is 0. The van der Waals surface area contributed by atoms with Gasteiger partial charge in [0.25, 0.3) is 0 Å². The fourth-order valence-electron chi connectivity index (χ4n) is 3.69. The maximum Gasteiger partial charge on any atom is 1.00 e. The van der Waals surface area contributed by atoms with Gasteiger partial charge in [-0.1, -0.05) is 129 Å². The smallest absolute Gasteiger partial charge is 0.550 e. The molecule has 0 aliphatic rings. The molecule has 0 fully saturated rings. The minimum atomic E-state index is -1.37. The van der Waals surface area contributed by atoms with E-state index in [0.29, 0.717) is 0 Å². The minimum Gasteiger partial charge on any atom is -0.550 e. The Morgan fingerprint density at radius 2 is 0.686 bits per heavy atom. The van der Waals surface area contributed by atoms with E-state index in [2.05, 4.69) is 25.6 Å². The molecule has 0 spiro atoms. The van der Waals surface area contributed by atoms with Gasteiger partial charge in [0, 0.05) is 11.9 Å². The van der Waals surface area contributed by atoms with Crippen molar-refractivity contribution in [2.45, 2.75) is 155 Å². The van der Waals surface area contributed by atoms with E-state index < -0.39 is 24.8 Å². The largest absolute Gasteiger partial charge is 1.00 e. The first-order valence-electron chi connectivity index (χ1n) is 14.0. The third kappa shape index (κ3) is 48.9. The first kappa shape index (κ1) is 43.3. The van der Waals surface area contributed by atoms with E-state index in [0.717, 1.165) is 0 Å². The molecule has 0 amide bonds. The quantitative estimate of drug-likeness (QED) is 0.129. The van der Waals surface area contributed by atoms with Gasteiger partial charge in [0.15, 0.2) is 0 Å². The van der Waals surface area contributed by atoms with Crippen LogP contribution >= 0.6 is 11.8 Å². The third-order valence-electron chi connectivity index (χ3n) is 5.82. The third-order valence-corrected chi connectivity index (χ3v) is 6.97. The predicted octanol–water partition coefficient (Wildman–Crippen LogP) is 0.836. The molecule has 0 unspecified atom stereocenters. The zero-order chi connectivity index (χ0) is 24.8. The van der Waals surface area contributed by atoms with Crippen molar-refractivity contribution >= 4 is 23.7 Å². The summed E-state index contributed by atoms with van der Waals surface area (Å²) < 4.78 is 0. The van der Waals surface area contributed by atoms with Crippen LogP contribution < -0.4 is 69.3 Å². The van der Waals surface area contributed by atoms with Crippen LogP contribution in [-0.2, 0) is 9.59 Å². The van der Waals surface area contributed by atoms with Gasteiger partial charge < -0.3 is 19.8 Å². The van der Waals surface area contributed by atoms with E-state index in [1.54, 1.807) is 0 Å². The molecule has 0 atom stereocenters. The molecule has 35 heavy (non-hydrogen) atoms. The summed E-state index contributed by atoms with van der Waals surface area (Å²) in [5, 5.41) is 19.0. The second-order valence-electron chi connectivity index (χ2n) is 9.22. The van der Waals surface area contributed by atoms with E-state index in [1.165, 1.54) is 140 Å². The second kappa shape index (κ2) is 39.8. The van der Waals surface area contributed by atoms with Crippen molar-refractivity contribution in [3.05, 3.63) is 0 Å². The van der Waals surface area contributed by atoms with Crippen LogP contribution in [0.1, 0.15) is 155 Å². The summed E-state index contributed by atoms with van der Waals surface area (Å²) in [4.78, 5) is 19.0. The molecule has 0 aromatic heterocycles. The molecule has 0 saturated carbocycles. The molecule has 4 nitrogen and oxygen atoms in total. The van der Waals surface area contributed by atoms with E-state index >= 15 is 0 Å². The van der Waals surface area contributed by atoms with Gasteiger partial charge in [-0.15, -0.1) is 0 Å². The van der Waals surface area contributed by atoms with Gasteiger partial charge in [0.2, 0.25) is 0 Å². The Kier molecular flexibility index (Phi) is 49.3. The predicted molar refractivity (Wildman–Crippen MR) is 140 cm³/mol. The van der Waals surface area contributed by atoms with E-state index in [4.69, 9.17) is 0 Å². The Morgan fingerprint density at radius 3 is 0.914 bits per heavy atom. The van der Waals surface area contributed by atoms with Gasteiger partial charge >= 0.3 is 59.1 Å². The summed E-state index contributed by atoms with van der Waals surface area (Å²) in [6, 6.07) is 0. The molecule has 0 aromatic carbocycles. The Morgan fingerprint density at radius 1 is 0.457 bits per heavy atom. The molecule has 0 bridgehead atoms. The molecule has 198 valence electrons. The summed E-state index contributed by atoms with van der Waals surface area (Å²) in [6.45, 7) is 4.60. The van der Waals surface area contributed by atoms with Crippen LogP contribution in [0.4, 0.5) is 0 Å². The van der Waals surface area contributed by atoms with Gasteiger partial charge in [-0.2, -0.15) is 11.8 Å². The zero-order valence-electron chi connectivity index (χ0n) is 24.0. The average Bonchev–Trinajstić information content (AvgIpc) is 2.79. The fraction of sp³-hybridized carbons (Fsp3) is 0.929. The molecule has 0 N–H and O–H groups in total. The van der Waals surface area contributed by atoms with Crippen LogP contribution in [0.5, 0.6) is 0 Å². The van der Waals surface area contributed by atoms with Gasteiger partial charge in [-0.25, -0.2) is 0 Å². The SMILES string of the molecule is CCCCCCCCCCCCSCCCCCCCCCCCC.O=C([O-])CCC(=O)[O-].[Na+].[Na+]. The number of carboxylic acid groups (broad SMARTS) is 2. The molecule has 0 radical (unpaired) electrons. The van der Waals surface area contributed by atoms with Crippen molar-refractivity contribution in [3.8, 4) is 0 Å². The number of hydrogen-bond acceptors (Lipinski definition) is 5. The first-order chi connectivity index (χ1) is 16.0. The van der Waals surface area contributed by atoms with Gasteiger partial charge in [-0.3, -0.25) is 0 Å². The maximum atomic E-state index is 9.50. The topological polar surface area (TPSA) is 80.3 Å². The molecule has 0 heterocycles. The molecule has 0 aliphatic carbocycles. The van der Waals surface area contributed by atoms with Crippen LogP contribution in [0.25, 0.3) is 0 Å². The average molecular weight is 533 g/mol. The van der Waals surface area contributed by atoms with E-state index in [-0.39, 0.29) is 59.1 Å². The second-order valence-corrected chi connectivity index (χ2v) is 10.4. The van der Waals surface area contributed by atoms with Gasteiger partial charge in [0.05, 0.1) is 0 Å². The normalized spacial score (nSPS) is 10.0. The molecule has 0 aromatic rings. The Hall–Kier alpha value is 1.29. The summed E-state index contributed by atoms with van der Waals surface area (Å²) in [5.41, 5.74) is 0. The Balaban J connectivity index is -0.000000412. The molecule has 0 rings (SSSR count). The van der Waals surface area contributed by atoms with Gasteiger partial charge in [-0.05, 0) is 37.2 Å². The first-order valence-corrected chi connectivity index (χ1v) is 15.2. The molecule has 0 saturated heterocycles. The van der Waals surface area contributed by atoms with Crippen LogP contribution in [0.15, 0.2) is 0 Å². The van der Waals surface area contributed by atoms with Crippen molar-refractivity contribution in [3.63, 3.8) is 0 Å². The van der Waals surface area contributed by atoms with Crippen LogP contribution in [0, 0.1) is 0 Å². The zero-order valence-corrected chi connectivity index (χ0v) is 28.8. The Bertz CT molecular complexity index is 376. The number of carbonyl (C=O) groups excluding carboxylic acids is 2. The van der Waals surface area contributed by atoms with Gasteiger partial charge in [0.1, 0.15) is 0 Å². The summed E-state index contributed by atoms with van der Waals surface area (Å²) in [6.07, 6.45) is 28.3. The summed E-state index contributed by atoms with van der Waals surface area (Å²) in [7, 11) is 0. The molecular weight excluding hydrogens is 478 g/mol. The van der Waals surface area contributed by atoms with Crippen LogP contribution in [0.2, 0.25) is 0 Å². The fourth-order valence-corrected chi connectivity index (χ4v) is 4.71. The molecule has 7 heteroatoms. The van der Waals surface area contributed by atoms with Crippen molar-refractivity contribution in [2.75, 3.05) is 11.5 Å². The van der Waals surface area contributed by atoms with Crippen LogP contribution in [-0.4, -0.2) is 23.4 Å². The standard InChI is InChI=1S/C24H50S.C4H6O4.2Na/c1-3-5-7-9-11-13-15-17-19-21-23-25-24-22-20-18-16-14-12-10-8-6-4-2;5-3(6)1-2-4(7)8;;/h3-24H2,1-2H3;1-2H2,(H,5,6)(H,7,8);;/q;;2*+1/p-2. The molecular formula is C28H54Na2O4S. The number of thioether (sulfide) groups is 1. The Labute approximate surface area is 266 Å². The summed E-state index contributed by atoms with van der Waals surface area (Å²) in [5.74, 6) is 0.0883. The number of carboxylic acids is 2. The number of unbranched alkanes of at least 4 members (excludes halogenated alkanes) is 18. The number of rotatable bonds is 25. The summed E-state index contributed by atoms with van der Waals surface area (Å²) >= 11 is 2.21. The maximum absolute atomic E-state index is 9.50. The number of carbonyl (C=O) groups is 2. The number of hydrogen-bond donors (Lipinski definition) is 0. The van der Waals surface area contributed by atoms with Crippen LogP contribution in [0.3, 0.4) is 0 Å². The van der Waals surface area contributed by atoms with Crippen molar-refractivity contribution in [2.24, 2.45) is 0 Å².